The number of nitrogens with two attached hydrogens (primary N) is 1. The Morgan fingerprint density at radius 2 is 2.10 bits per heavy atom. The fraction of sp³-hybridized carbons (Fsp3) is 0.333. The van der Waals surface area contributed by atoms with Gasteiger partial charge in [0, 0.05) is 23.8 Å². The molecular formula is C30H30FN9OS. The molecule has 1 atom stereocenters. The predicted molar refractivity (Wildman–Crippen MR) is 160 cm³/mol. The van der Waals surface area contributed by atoms with Crippen molar-refractivity contribution in [3.8, 4) is 6.07 Å². The Morgan fingerprint density at radius 3 is 2.79 bits per heavy atom. The minimum absolute atomic E-state index is 0.0796. The summed E-state index contributed by atoms with van der Waals surface area (Å²) in [6.45, 7) is 6.80. The highest BCUT2D eigenvalue weighted by molar-refractivity contribution is 7.17. The quantitative estimate of drug-likeness (QED) is 0.218. The molecule has 1 aliphatic carbocycles. The number of thiazole rings is 1. The van der Waals surface area contributed by atoms with Crippen LogP contribution in [0, 0.1) is 22.6 Å². The average molecular weight is 584 g/mol. The Kier molecular flexibility index (Phi) is 6.77. The van der Waals surface area contributed by atoms with Crippen LogP contribution in [0.25, 0.3) is 21.1 Å². The Hall–Kier alpha value is -4.63. The molecule has 6 rings (SSSR count). The van der Waals surface area contributed by atoms with Crippen molar-refractivity contribution in [2.75, 3.05) is 17.2 Å². The number of hydrogen-bond acceptors (Lipinski definition) is 9. The van der Waals surface area contributed by atoms with Crippen LogP contribution in [0.1, 0.15) is 62.9 Å². The second-order valence-electron chi connectivity index (χ2n) is 11.9. The standard InChI is InChI=1S/C30H30FN9OS/c1-29(2,3)15-35-24-17(12-32)13-34-25-20(24)10-18(11-21(25)31)37-26(19-6-4-7-22-27(19)42-16-36-22)23-14-40(39-38-23)30(28(33)41)8-5-9-30/h4,6-7,10-11,13-14,16,26,37H,5,8-9,15H2,1-3H3,(H2,33,41)(H,34,35)/t26-/m0/s1. The zero-order valence-corrected chi connectivity index (χ0v) is 24.3. The van der Waals surface area contributed by atoms with E-state index in [1.165, 1.54) is 23.6 Å². The van der Waals surface area contributed by atoms with E-state index < -0.39 is 23.3 Å². The molecule has 0 unspecified atom stereocenters. The van der Waals surface area contributed by atoms with Crippen molar-refractivity contribution in [1.29, 1.82) is 5.26 Å². The van der Waals surface area contributed by atoms with E-state index in [0.717, 1.165) is 22.2 Å². The molecule has 0 radical (unpaired) electrons. The molecular weight excluding hydrogens is 553 g/mol. The molecule has 2 aromatic carbocycles. The number of hydrogen-bond donors (Lipinski definition) is 3. The van der Waals surface area contributed by atoms with E-state index in [0.29, 0.717) is 47.4 Å². The lowest BCUT2D eigenvalue weighted by Crippen LogP contribution is -2.51. The minimum Gasteiger partial charge on any atom is -0.383 e. The summed E-state index contributed by atoms with van der Waals surface area (Å²) in [6, 6.07) is 10.6. The molecule has 12 heteroatoms. The summed E-state index contributed by atoms with van der Waals surface area (Å²) in [4.78, 5) is 21.1. The molecule has 1 aliphatic rings. The number of nitrogens with one attached hydrogen (secondary N) is 2. The Morgan fingerprint density at radius 1 is 1.29 bits per heavy atom. The third kappa shape index (κ3) is 4.79. The number of nitrogens with zero attached hydrogens (tertiary/aromatic N) is 6. The fourth-order valence-corrected chi connectivity index (χ4v) is 6.14. The van der Waals surface area contributed by atoms with E-state index in [1.807, 2.05) is 18.2 Å². The van der Waals surface area contributed by atoms with Gasteiger partial charge in [-0.1, -0.05) is 38.1 Å². The molecule has 214 valence electrons. The number of amides is 1. The smallest absolute Gasteiger partial charge is 0.245 e. The van der Waals surface area contributed by atoms with Crippen molar-refractivity contribution in [2.24, 2.45) is 11.1 Å². The third-order valence-electron chi connectivity index (χ3n) is 7.73. The van der Waals surface area contributed by atoms with Crippen LogP contribution < -0.4 is 16.4 Å². The van der Waals surface area contributed by atoms with Crippen molar-refractivity contribution in [3.63, 3.8) is 0 Å². The van der Waals surface area contributed by atoms with Gasteiger partial charge in [0.15, 0.2) is 5.82 Å². The molecule has 1 saturated carbocycles. The topological polar surface area (TPSA) is 147 Å². The number of carbonyl (C=O) groups is 1. The number of fused-ring (bicyclic) bond motifs is 2. The lowest BCUT2D eigenvalue weighted by Gasteiger charge is -2.38. The second kappa shape index (κ2) is 10.3. The van der Waals surface area contributed by atoms with Crippen LogP contribution in [-0.2, 0) is 10.3 Å². The van der Waals surface area contributed by atoms with Crippen LogP contribution in [-0.4, -0.2) is 37.4 Å². The van der Waals surface area contributed by atoms with E-state index in [1.54, 1.807) is 22.5 Å². The van der Waals surface area contributed by atoms with Crippen LogP contribution in [0.4, 0.5) is 15.8 Å². The van der Waals surface area contributed by atoms with Gasteiger partial charge in [-0.05, 0) is 48.4 Å². The predicted octanol–water partition coefficient (Wildman–Crippen LogP) is 5.47. The van der Waals surface area contributed by atoms with Crippen molar-refractivity contribution in [2.45, 2.75) is 51.6 Å². The highest BCUT2D eigenvalue weighted by Crippen LogP contribution is 2.40. The molecule has 3 aromatic heterocycles. The second-order valence-corrected chi connectivity index (χ2v) is 12.7. The van der Waals surface area contributed by atoms with Gasteiger partial charge < -0.3 is 16.4 Å². The van der Waals surface area contributed by atoms with Crippen molar-refractivity contribution < 1.29 is 9.18 Å². The van der Waals surface area contributed by atoms with Gasteiger partial charge in [-0.3, -0.25) is 9.78 Å². The summed E-state index contributed by atoms with van der Waals surface area (Å²) in [5.74, 6) is -0.967. The van der Waals surface area contributed by atoms with Gasteiger partial charge in [-0.2, -0.15) is 5.26 Å². The van der Waals surface area contributed by atoms with Gasteiger partial charge in [0.2, 0.25) is 5.91 Å². The molecule has 10 nitrogen and oxygen atoms in total. The normalized spacial score (nSPS) is 15.2. The Balaban J connectivity index is 1.47. The van der Waals surface area contributed by atoms with Crippen LogP contribution in [0.15, 0.2) is 48.2 Å². The lowest BCUT2D eigenvalue weighted by atomic mass is 9.76. The summed E-state index contributed by atoms with van der Waals surface area (Å²) in [5.41, 5.74) is 10.3. The Bertz CT molecular complexity index is 1860. The number of halogens is 1. The van der Waals surface area contributed by atoms with Gasteiger partial charge in [0.05, 0.1) is 39.2 Å². The van der Waals surface area contributed by atoms with E-state index in [4.69, 9.17) is 5.73 Å². The summed E-state index contributed by atoms with van der Waals surface area (Å²) in [5, 5.41) is 25.9. The van der Waals surface area contributed by atoms with Crippen LogP contribution in [0.3, 0.4) is 0 Å². The maximum atomic E-state index is 15.6. The van der Waals surface area contributed by atoms with Gasteiger partial charge >= 0.3 is 0 Å². The maximum absolute atomic E-state index is 15.6. The van der Waals surface area contributed by atoms with Gasteiger partial charge in [0.1, 0.15) is 22.8 Å². The molecule has 4 N–H and O–H groups in total. The van der Waals surface area contributed by atoms with Crippen molar-refractivity contribution in [3.05, 3.63) is 70.9 Å². The number of nitriles is 1. The first kappa shape index (κ1) is 27.5. The molecule has 0 aliphatic heterocycles. The number of carbonyl (C=O) groups excluding carboxylic acids is 1. The maximum Gasteiger partial charge on any atom is 0.245 e. The summed E-state index contributed by atoms with van der Waals surface area (Å²) in [7, 11) is 0. The van der Waals surface area contributed by atoms with E-state index in [2.05, 4.69) is 57.8 Å². The van der Waals surface area contributed by atoms with Crippen LogP contribution >= 0.6 is 11.3 Å². The first-order chi connectivity index (χ1) is 20.1. The van der Waals surface area contributed by atoms with Gasteiger partial charge in [-0.25, -0.2) is 14.1 Å². The van der Waals surface area contributed by atoms with Gasteiger partial charge in [-0.15, -0.1) is 16.4 Å². The monoisotopic (exact) mass is 583 g/mol. The summed E-state index contributed by atoms with van der Waals surface area (Å²) >= 11 is 1.49. The number of primary amides is 1. The number of rotatable bonds is 8. The van der Waals surface area contributed by atoms with E-state index in [-0.39, 0.29) is 10.9 Å². The first-order valence-electron chi connectivity index (χ1n) is 13.7. The molecule has 1 fully saturated rings. The largest absolute Gasteiger partial charge is 0.383 e. The molecule has 1 amide bonds. The Labute approximate surface area is 245 Å². The highest BCUT2D eigenvalue weighted by atomic mass is 32.1. The fourth-order valence-electron chi connectivity index (χ4n) is 5.30. The zero-order valence-electron chi connectivity index (χ0n) is 23.5. The zero-order chi connectivity index (χ0) is 29.6. The number of anilines is 2. The van der Waals surface area contributed by atoms with E-state index >= 15 is 4.39 Å². The highest BCUT2D eigenvalue weighted by Gasteiger charge is 2.46. The van der Waals surface area contributed by atoms with Crippen molar-refractivity contribution >= 4 is 49.7 Å². The summed E-state index contributed by atoms with van der Waals surface area (Å²) in [6.07, 6.45) is 5.21. The number of benzene rings is 2. The van der Waals surface area contributed by atoms with Crippen LogP contribution in [0.2, 0.25) is 0 Å². The van der Waals surface area contributed by atoms with Crippen molar-refractivity contribution in [1.82, 2.24) is 25.0 Å². The molecule has 0 bridgehead atoms. The molecule has 5 aromatic rings. The number of pyridine rings is 1. The SMILES string of the molecule is CC(C)(C)CNc1c(C#N)cnc2c(F)cc(N[C@H](c3cn(C4(C(N)=O)CCC4)nn3)c3cccc4ncsc34)cc12. The molecule has 0 spiro atoms. The minimum atomic E-state index is -0.895. The summed E-state index contributed by atoms with van der Waals surface area (Å²) < 4.78 is 18.1. The van der Waals surface area contributed by atoms with Gasteiger partial charge in [0.25, 0.3) is 0 Å². The lowest BCUT2D eigenvalue weighted by molar-refractivity contribution is -0.131. The van der Waals surface area contributed by atoms with E-state index in [9.17, 15) is 10.1 Å². The third-order valence-corrected chi connectivity index (χ3v) is 8.63. The molecule has 0 saturated heterocycles. The molecule has 3 heterocycles. The average Bonchev–Trinajstić information content (AvgIpc) is 3.59. The first-order valence-corrected chi connectivity index (χ1v) is 14.6. The van der Waals surface area contributed by atoms with Crippen LogP contribution in [0.5, 0.6) is 0 Å². The number of aromatic nitrogens is 5. The molecule has 42 heavy (non-hydrogen) atoms.